The maximum atomic E-state index is 12.5. The highest BCUT2D eigenvalue weighted by molar-refractivity contribution is 7.91. The van der Waals surface area contributed by atoms with Gasteiger partial charge in [-0.05, 0) is 25.4 Å². The van der Waals surface area contributed by atoms with E-state index in [0.717, 1.165) is 25.4 Å². The zero-order chi connectivity index (χ0) is 11.6. The molecule has 7 heteroatoms. The molecule has 0 radical (unpaired) electrons. The minimum absolute atomic E-state index is 0.0195. The first-order chi connectivity index (χ1) is 7.58. The first kappa shape index (κ1) is 11.4. The van der Waals surface area contributed by atoms with E-state index in [4.69, 9.17) is 0 Å². The van der Waals surface area contributed by atoms with Crippen molar-refractivity contribution in [2.45, 2.75) is 11.6 Å². The molecule has 1 N–H and O–H groups in total. The minimum Gasteiger partial charge on any atom is -0.316 e. The van der Waals surface area contributed by atoms with E-state index in [2.05, 4.69) is 15.3 Å². The molecule has 16 heavy (non-hydrogen) atoms. The average Bonchev–Trinajstić information content (AvgIpc) is 2.70. The monoisotopic (exact) mass is 245 g/mol. The first-order valence-corrected chi connectivity index (χ1v) is 6.64. The summed E-state index contributed by atoms with van der Waals surface area (Å²) in [5.41, 5.74) is 0. The molecule has 0 saturated carbocycles. The third-order valence-electron chi connectivity index (χ3n) is 2.49. The predicted octanol–water partition coefficient (Wildman–Crippen LogP) is -0.00110. The molecule has 1 aromatic heterocycles. The van der Waals surface area contributed by atoms with Gasteiger partial charge in [-0.25, -0.2) is 22.8 Å². The first-order valence-electron chi connectivity index (χ1n) is 4.99. The van der Waals surface area contributed by atoms with Gasteiger partial charge in [0.05, 0.1) is 18.1 Å². The van der Waals surface area contributed by atoms with Gasteiger partial charge in [0, 0.05) is 0 Å². The van der Waals surface area contributed by atoms with Crippen molar-refractivity contribution in [2.24, 2.45) is 5.92 Å². The second kappa shape index (κ2) is 4.42. The SMILES string of the molecule is O=S(=O)(C[C@@H]1CCNC1)c1ncc(F)cn1. The molecule has 1 aliphatic heterocycles. The predicted molar refractivity (Wildman–Crippen MR) is 55.0 cm³/mol. The average molecular weight is 245 g/mol. The number of rotatable bonds is 3. The molecule has 1 atom stereocenters. The van der Waals surface area contributed by atoms with Crippen LogP contribution in [0.15, 0.2) is 17.6 Å². The summed E-state index contributed by atoms with van der Waals surface area (Å²) in [6, 6.07) is 0. The van der Waals surface area contributed by atoms with Crippen LogP contribution in [0.5, 0.6) is 0 Å². The summed E-state index contributed by atoms with van der Waals surface area (Å²) in [7, 11) is -3.49. The maximum absolute atomic E-state index is 12.5. The summed E-state index contributed by atoms with van der Waals surface area (Å²) in [5, 5.41) is 2.80. The molecule has 0 aromatic carbocycles. The van der Waals surface area contributed by atoms with E-state index >= 15 is 0 Å². The van der Waals surface area contributed by atoms with E-state index in [1.165, 1.54) is 0 Å². The lowest BCUT2D eigenvalue weighted by molar-refractivity contribution is 0.557. The maximum Gasteiger partial charge on any atom is 0.247 e. The Morgan fingerprint density at radius 2 is 2.12 bits per heavy atom. The van der Waals surface area contributed by atoms with Gasteiger partial charge in [-0.2, -0.15) is 0 Å². The molecule has 0 aliphatic carbocycles. The van der Waals surface area contributed by atoms with Crippen LogP contribution in [0.1, 0.15) is 6.42 Å². The number of hydrogen-bond donors (Lipinski definition) is 1. The van der Waals surface area contributed by atoms with Gasteiger partial charge in [-0.15, -0.1) is 0 Å². The molecular weight excluding hydrogens is 233 g/mol. The van der Waals surface area contributed by atoms with Crippen LogP contribution in [-0.4, -0.2) is 37.2 Å². The van der Waals surface area contributed by atoms with E-state index < -0.39 is 15.7 Å². The Bertz CT molecular complexity index is 454. The largest absolute Gasteiger partial charge is 0.316 e. The lowest BCUT2D eigenvalue weighted by Gasteiger charge is -2.07. The van der Waals surface area contributed by atoms with Gasteiger partial charge >= 0.3 is 0 Å². The second-order valence-electron chi connectivity index (χ2n) is 3.82. The minimum atomic E-state index is -3.49. The molecule has 5 nitrogen and oxygen atoms in total. The van der Waals surface area contributed by atoms with Crippen LogP contribution in [0, 0.1) is 11.7 Å². The summed E-state index contributed by atoms with van der Waals surface area (Å²) in [6.07, 6.45) is 2.57. The van der Waals surface area contributed by atoms with Gasteiger partial charge in [0.2, 0.25) is 15.0 Å². The number of aromatic nitrogens is 2. The van der Waals surface area contributed by atoms with Crippen LogP contribution < -0.4 is 5.32 Å². The molecule has 0 spiro atoms. The zero-order valence-electron chi connectivity index (χ0n) is 8.56. The van der Waals surface area contributed by atoms with E-state index in [1.807, 2.05) is 0 Å². The zero-order valence-corrected chi connectivity index (χ0v) is 9.37. The number of sulfone groups is 1. The molecule has 0 bridgehead atoms. The van der Waals surface area contributed by atoms with Crippen molar-refractivity contribution in [1.82, 2.24) is 15.3 Å². The van der Waals surface area contributed by atoms with Crippen LogP contribution >= 0.6 is 0 Å². The van der Waals surface area contributed by atoms with Gasteiger partial charge in [0.1, 0.15) is 0 Å². The van der Waals surface area contributed by atoms with Crippen molar-refractivity contribution in [1.29, 1.82) is 0 Å². The van der Waals surface area contributed by atoms with Crippen LogP contribution in [0.2, 0.25) is 0 Å². The quantitative estimate of drug-likeness (QED) is 0.759. The summed E-state index contributed by atoms with van der Waals surface area (Å²) in [5.74, 6) is -0.522. The standard InChI is InChI=1S/C9H12FN3O2S/c10-8-4-12-9(13-5-8)16(14,15)6-7-1-2-11-3-7/h4-5,7,11H,1-3,6H2/t7-/m1/s1. The highest BCUT2D eigenvalue weighted by Crippen LogP contribution is 2.14. The third kappa shape index (κ3) is 2.53. The topological polar surface area (TPSA) is 72.0 Å². The fourth-order valence-electron chi connectivity index (χ4n) is 1.70. The lowest BCUT2D eigenvalue weighted by atomic mass is 10.2. The molecule has 1 saturated heterocycles. The lowest BCUT2D eigenvalue weighted by Crippen LogP contribution is -2.20. The van der Waals surface area contributed by atoms with E-state index in [-0.39, 0.29) is 16.8 Å². The molecule has 2 rings (SSSR count). The Hall–Kier alpha value is -1.08. The Labute approximate surface area is 93.0 Å². The van der Waals surface area contributed by atoms with Crippen molar-refractivity contribution < 1.29 is 12.8 Å². The van der Waals surface area contributed by atoms with Crippen LogP contribution in [-0.2, 0) is 9.84 Å². The number of halogens is 1. The van der Waals surface area contributed by atoms with Gasteiger partial charge in [0.25, 0.3) is 0 Å². The van der Waals surface area contributed by atoms with Crippen LogP contribution in [0.25, 0.3) is 0 Å². The van der Waals surface area contributed by atoms with E-state index in [9.17, 15) is 12.8 Å². The Morgan fingerprint density at radius 1 is 1.44 bits per heavy atom. The Morgan fingerprint density at radius 3 is 2.69 bits per heavy atom. The van der Waals surface area contributed by atoms with Crippen molar-refractivity contribution >= 4 is 9.84 Å². The van der Waals surface area contributed by atoms with Crippen LogP contribution in [0.3, 0.4) is 0 Å². The summed E-state index contributed by atoms with van der Waals surface area (Å²) in [6.45, 7) is 1.53. The van der Waals surface area contributed by atoms with Crippen molar-refractivity contribution in [2.75, 3.05) is 18.8 Å². The molecule has 1 aromatic rings. The fraction of sp³-hybridized carbons (Fsp3) is 0.556. The van der Waals surface area contributed by atoms with Gasteiger partial charge in [0.15, 0.2) is 5.82 Å². The molecule has 0 unspecified atom stereocenters. The molecular formula is C9H12FN3O2S. The molecule has 2 heterocycles. The summed E-state index contributed by atoms with van der Waals surface area (Å²) < 4.78 is 36.2. The number of nitrogens with one attached hydrogen (secondary N) is 1. The third-order valence-corrected chi connectivity index (χ3v) is 4.17. The highest BCUT2D eigenvalue weighted by atomic mass is 32.2. The molecule has 1 aliphatic rings. The van der Waals surface area contributed by atoms with E-state index in [1.54, 1.807) is 0 Å². The van der Waals surface area contributed by atoms with E-state index in [0.29, 0.717) is 6.54 Å². The van der Waals surface area contributed by atoms with Crippen LogP contribution in [0.4, 0.5) is 4.39 Å². The fourth-order valence-corrected chi connectivity index (χ4v) is 3.18. The second-order valence-corrected chi connectivity index (χ2v) is 5.75. The van der Waals surface area contributed by atoms with Crippen molar-refractivity contribution in [3.8, 4) is 0 Å². The molecule has 88 valence electrons. The molecule has 1 fully saturated rings. The summed E-state index contributed by atoms with van der Waals surface area (Å²) >= 11 is 0. The van der Waals surface area contributed by atoms with Gasteiger partial charge in [-0.1, -0.05) is 0 Å². The highest BCUT2D eigenvalue weighted by Gasteiger charge is 2.25. The number of nitrogens with zero attached hydrogens (tertiary/aromatic N) is 2. The van der Waals surface area contributed by atoms with Crippen molar-refractivity contribution in [3.05, 3.63) is 18.2 Å². The smallest absolute Gasteiger partial charge is 0.247 e. The normalized spacial score (nSPS) is 21.2. The Kier molecular flexibility index (Phi) is 3.15. The van der Waals surface area contributed by atoms with Gasteiger partial charge < -0.3 is 5.32 Å². The van der Waals surface area contributed by atoms with Gasteiger partial charge in [-0.3, -0.25) is 0 Å². The van der Waals surface area contributed by atoms with Crippen molar-refractivity contribution in [3.63, 3.8) is 0 Å². The molecule has 0 amide bonds. The summed E-state index contributed by atoms with van der Waals surface area (Å²) in [4.78, 5) is 7.00. The Balaban J connectivity index is 2.14. The number of hydrogen-bond acceptors (Lipinski definition) is 5.